The first-order valence-electron chi connectivity index (χ1n) is 8.66. The first-order chi connectivity index (χ1) is 12.0. The number of nitrogens with two attached hydrogens (primary N) is 2. The Kier molecular flexibility index (Phi) is 9.61. The van der Waals surface area contributed by atoms with Crippen LogP contribution in [-0.4, -0.2) is 27.8 Å². The minimum absolute atomic E-state index is 0.100. The van der Waals surface area contributed by atoms with E-state index < -0.39 is 11.4 Å². The Morgan fingerprint density at radius 2 is 1.92 bits per heavy atom. The summed E-state index contributed by atoms with van der Waals surface area (Å²) in [6, 6.07) is 0. The van der Waals surface area contributed by atoms with E-state index in [1.807, 2.05) is 0 Å². The van der Waals surface area contributed by atoms with Crippen LogP contribution in [0.2, 0.25) is 0 Å². The van der Waals surface area contributed by atoms with Crippen molar-refractivity contribution in [2.45, 2.75) is 57.9 Å². The molecule has 1 aromatic heterocycles. The van der Waals surface area contributed by atoms with Gasteiger partial charge in [-0.2, -0.15) is 4.39 Å². The zero-order valence-corrected chi connectivity index (χ0v) is 14.5. The zero-order valence-electron chi connectivity index (χ0n) is 14.5. The number of hydrogen-bond acceptors (Lipinski definition) is 5. The Labute approximate surface area is 146 Å². The molecule has 0 bridgehead atoms. The summed E-state index contributed by atoms with van der Waals surface area (Å²) in [5.41, 5.74) is 9.57. The summed E-state index contributed by atoms with van der Waals surface area (Å²) in [5.74, 6) is -0.947. The third-order valence-corrected chi connectivity index (χ3v) is 4.12. The molecule has 1 fully saturated rings. The smallest absolute Gasteiger partial charge is 0.289 e. The van der Waals surface area contributed by atoms with Crippen molar-refractivity contribution in [3.63, 3.8) is 0 Å². The summed E-state index contributed by atoms with van der Waals surface area (Å²) in [6.45, 7) is 0.494. The molecule has 7 nitrogen and oxygen atoms in total. The summed E-state index contributed by atoms with van der Waals surface area (Å²) >= 11 is 0. The standard InChI is InChI=1S/C11H16FN3O2.C6H11NO/c12-10-6-14-8-15(11(10)17)7-9(16)4-2-1-3-5-13;7-6(8)5-3-1-2-4-5/h6,8H,1-5,7,13H2;5H,1-4H2,(H2,7,8). The van der Waals surface area contributed by atoms with E-state index in [4.69, 9.17) is 11.5 Å². The Hall–Kier alpha value is -2.09. The van der Waals surface area contributed by atoms with E-state index in [0.29, 0.717) is 13.0 Å². The second kappa shape index (κ2) is 11.5. The molecule has 2 rings (SSSR count). The Morgan fingerprint density at radius 1 is 1.24 bits per heavy atom. The van der Waals surface area contributed by atoms with Crippen LogP contribution < -0.4 is 17.0 Å². The number of Topliss-reactive ketones (excluding diaryl/α,β-unsaturated/α-hetero) is 1. The molecule has 25 heavy (non-hydrogen) atoms. The van der Waals surface area contributed by atoms with E-state index >= 15 is 0 Å². The average Bonchev–Trinajstić information content (AvgIpc) is 3.11. The van der Waals surface area contributed by atoms with Crippen molar-refractivity contribution in [2.75, 3.05) is 6.54 Å². The van der Waals surface area contributed by atoms with Gasteiger partial charge in [0, 0.05) is 12.3 Å². The van der Waals surface area contributed by atoms with Crippen molar-refractivity contribution in [3.05, 3.63) is 28.7 Å². The Bertz CT molecular complexity index is 612. The predicted octanol–water partition coefficient (Wildman–Crippen LogP) is 1.13. The number of hydrogen-bond donors (Lipinski definition) is 2. The van der Waals surface area contributed by atoms with E-state index in [-0.39, 0.29) is 24.2 Å². The Morgan fingerprint density at radius 3 is 2.48 bits per heavy atom. The highest BCUT2D eigenvalue weighted by molar-refractivity contribution is 5.78. The van der Waals surface area contributed by atoms with Gasteiger partial charge in [-0.25, -0.2) is 4.98 Å². The van der Waals surface area contributed by atoms with Crippen LogP contribution in [0, 0.1) is 11.7 Å². The van der Waals surface area contributed by atoms with Crippen molar-refractivity contribution in [1.29, 1.82) is 0 Å². The fourth-order valence-electron chi connectivity index (χ4n) is 2.66. The fraction of sp³-hybridized carbons (Fsp3) is 0.647. The largest absolute Gasteiger partial charge is 0.369 e. The van der Waals surface area contributed by atoms with Crippen LogP contribution in [0.15, 0.2) is 17.3 Å². The molecular weight excluding hydrogens is 327 g/mol. The van der Waals surface area contributed by atoms with Crippen LogP contribution >= 0.6 is 0 Å². The maximum atomic E-state index is 12.9. The lowest BCUT2D eigenvalue weighted by molar-refractivity contribution is -0.121. The van der Waals surface area contributed by atoms with Gasteiger partial charge in [-0.05, 0) is 32.2 Å². The lowest BCUT2D eigenvalue weighted by atomic mass is 10.1. The van der Waals surface area contributed by atoms with E-state index in [0.717, 1.165) is 42.9 Å². The fourth-order valence-corrected chi connectivity index (χ4v) is 2.66. The monoisotopic (exact) mass is 354 g/mol. The van der Waals surface area contributed by atoms with Crippen molar-refractivity contribution >= 4 is 11.7 Å². The van der Waals surface area contributed by atoms with E-state index in [2.05, 4.69) is 4.98 Å². The number of ketones is 1. The summed E-state index contributed by atoms with van der Waals surface area (Å²) in [7, 11) is 0. The highest BCUT2D eigenvalue weighted by Gasteiger charge is 2.19. The number of primary amides is 1. The number of carbonyl (C=O) groups is 2. The first kappa shape index (κ1) is 21.0. The van der Waals surface area contributed by atoms with E-state index in [1.165, 1.54) is 19.2 Å². The summed E-state index contributed by atoms with van der Waals surface area (Å²) < 4.78 is 13.8. The normalized spacial score (nSPS) is 14.0. The molecule has 1 amide bonds. The molecule has 140 valence electrons. The number of carbonyl (C=O) groups excluding carboxylic acids is 2. The highest BCUT2D eigenvalue weighted by Crippen LogP contribution is 2.23. The van der Waals surface area contributed by atoms with Crippen molar-refractivity contribution < 1.29 is 14.0 Å². The number of halogens is 1. The molecule has 0 saturated heterocycles. The minimum Gasteiger partial charge on any atom is -0.369 e. The average molecular weight is 354 g/mol. The molecular formula is C17H27FN4O3. The lowest BCUT2D eigenvalue weighted by Crippen LogP contribution is -2.26. The van der Waals surface area contributed by atoms with Gasteiger partial charge in [-0.1, -0.05) is 19.3 Å². The SMILES string of the molecule is NC(=O)C1CCCC1.NCCCCCC(=O)Cn1cncc(F)c1=O. The van der Waals surface area contributed by atoms with Gasteiger partial charge < -0.3 is 11.5 Å². The number of amides is 1. The third-order valence-electron chi connectivity index (χ3n) is 4.12. The van der Waals surface area contributed by atoms with Gasteiger partial charge in [-0.3, -0.25) is 19.0 Å². The number of rotatable bonds is 8. The van der Waals surface area contributed by atoms with E-state index in [1.54, 1.807) is 0 Å². The second-order valence-electron chi connectivity index (χ2n) is 6.20. The van der Waals surface area contributed by atoms with Crippen LogP contribution in [-0.2, 0) is 16.1 Å². The molecule has 0 aromatic carbocycles. The molecule has 0 spiro atoms. The summed E-state index contributed by atoms with van der Waals surface area (Å²) in [6.07, 6.45) is 9.32. The van der Waals surface area contributed by atoms with Gasteiger partial charge in [0.15, 0.2) is 5.78 Å². The number of nitrogens with zero attached hydrogens (tertiary/aromatic N) is 2. The first-order valence-corrected chi connectivity index (χ1v) is 8.66. The topological polar surface area (TPSA) is 121 Å². The molecule has 0 radical (unpaired) electrons. The van der Waals surface area contributed by atoms with E-state index in [9.17, 15) is 18.8 Å². The molecule has 0 aliphatic heterocycles. The predicted molar refractivity (Wildman–Crippen MR) is 92.1 cm³/mol. The molecule has 1 aromatic rings. The van der Waals surface area contributed by atoms with Crippen LogP contribution in [0.5, 0.6) is 0 Å². The zero-order chi connectivity index (χ0) is 18.7. The van der Waals surface area contributed by atoms with Gasteiger partial charge in [-0.15, -0.1) is 0 Å². The second-order valence-corrected chi connectivity index (χ2v) is 6.20. The van der Waals surface area contributed by atoms with Crippen LogP contribution in [0.1, 0.15) is 51.4 Å². The summed E-state index contributed by atoms with van der Waals surface area (Å²) in [5, 5.41) is 0. The van der Waals surface area contributed by atoms with Gasteiger partial charge in [0.1, 0.15) is 0 Å². The van der Waals surface area contributed by atoms with Crippen LogP contribution in [0.4, 0.5) is 4.39 Å². The van der Waals surface area contributed by atoms with Crippen molar-refractivity contribution in [3.8, 4) is 0 Å². The number of aromatic nitrogens is 2. The van der Waals surface area contributed by atoms with Gasteiger partial charge >= 0.3 is 0 Å². The summed E-state index contributed by atoms with van der Waals surface area (Å²) in [4.78, 5) is 36.7. The number of unbranched alkanes of at least 4 members (excludes halogenated alkanes) is 2. The van der Waals surface area contributed by atoms with Gasteiger partial charge in [0.25, 0.3) is 5.56 Å². The van der Waals surface area contributed by atoms with Crippen molar-refractivity contribution in [2.24, 2.45) is 17.4 Å². The lowest BCUT2D eigenvalue weighted by Gasteiger charge is -2.03. The molecule has 4 N–H and O–H groups in total. The van der Waals surface area contributed by atoms with Crippen molar-refractivity contribution in [1.82, 2.24) is 9.55 Å². The molecule has 1 aliphatic carbocycles. The molecule has 8 heteroatoms. The maximum Gasteiger partial charge on any atom is 0.289 e. The molecule has 1 saturated carbocycles. The van der Waals surface area contributed by atoms with Gasteiger partial charge in [0.05, 0.1) is 19.1 Å². The molecule has 1 aliphatic rings. The van der Waals surface area contributed by atoms with Gasteiger partial charge in [0.2, 0.25) is 11.7 Å². The molecule has 0 atom stereocenters. The maximum absolute atomic E-state index is 12.9. The third kappa shape index (κ3) is 8.02. The minimum atomic E-state index is -0.941. The van der Waals surface area contributed by atoms with Crippen LogP contribution in [0.3, 0.4) is 0 Å². The quantitative estimate of drug-likeness (QED) is 0.678. The van der Waals surface area contributed by atoms with Crippen LogP contribution in [0.25, 0.3) is 0 Å². The highest BCUT2D eigenvalue weighted by atomic mass is 19.1. The molecule has 1 heterocycles. The Balaban J connectivity index is 0.000000324. The molecule has 0 unspecified atom stereocenters.